The summed E-state index contributed by atoms with van der Waals surface area (Å²) in [4.78, 5) is 0. The molecule has 21 heavy (non-hydrogen) atoms. The fourth-order valence-corrected chi connectivity index (χ4v) is 2.21. The maximum atomic E-state index is 10.5. The summed E-state index contributed by atoms with van der Waals surface area (Å²) in [6, 6.07) is 6.00. The summed E-state index contributed by atoms with van der Waals surface area (Å²) in [5.41, 5.74) is 0.395. The minimum absolute atomic E-state index is 0.125. The minimum atomic E-state index is -0.709. The topological polar surface area (TPSA) is 50.7 Å². The second-order valence-electron chi connectivity index (χ2n) is 5.88. The van der Waals surface area contributed by atoms with E-state index in [0.717, 1.165) is 23.5 Å². The fraction of sp³-hybridized carbons (Fsp3) is 0.647. The van der Waals surface area contributed by atoms with E-state index in [0.29, 0.717) is 6.54 Å². The fourth-order valence-electron chi connectivity index (χ4n) is 2.21. The van der Waals surface area contributed by atoms with Crippen LogP contribution < -0.4 is 14.8 Å². The first-order valence-corrected chi connectivity index (χ1v) is 7.53. The number of ether oxygens (including phenoxy) is 2. The van der Waals surface area contributed by atoms with Crippen molar-refractivity contribution in [3.8, 4) is 11.5 Å². The van der Waals surface area contributed by atoms with Gasteiger partial charge >= 0.3 is 0 Å². The molecule has 4 heteroatoms. The Labute approximate surface area is 128 Å². The maximum absolute atomic E-state index is 10.5. The van der Waals surface area contributed by atoms with Crippen LogP contribution in [0.15, 0.2) is 18.2 Å². The van der Waals surface area contributed by atoms with Crippen molar-refractivity contribution < 1.29 is 14.6 Å². The van der Waals surface area contributed by atoms with Gasteiger partial charge < -0.3 is 19.9 Å². The molecule has 1 aromatic carbocycles. The molecule has 1 aromatic rings. The minimum Gasteiger partial charge on any atom is -0.493 e. The highest BCUT2D eigenvalue weighted by Gasteiger charge is 2.27. The average Bonchev–Trinajstić information content (AvgIpc) is 2.50. The molecular formula is C17H29NO3. The van der Waals surface area contributed by atoms with Crippen molar-refractivity contribution in [2.45, 2.75) is 45.8 Å². The summed E-state index contributed by atoms with van der Waals surface area (Å²) in [6.45, 7) is 8.68. The number of benzene rings is 1. The molecule has 1 rings (SSSR count). The van der Waals surface area contributed by atoms with E-state index >= 15 is 0 Å². The lowest BCUT2D eigenvalue weighted by Crippen LogP contribution is -2.43. The van der Waals surface area contributed by atoms with Gasteiger partial charge in [-0.1, -0.05) is 26.3 Å². The molecule has 0 spiro atoms. The lowest BCUT2D eigenvalue weighted by molar-refractivity contribution is 0.00365. The van der Waals surface area contributed by atoms with Crippen molar-refractivity contribution in [3.63, 3.8) is 0 Å². The maximum Gasteiger partial charge on any atom is 0.161 e. The average molecular weight is 295 g/mol. The van der Waals surface area contributed by atoms with Gasteiger partial charge in [0.1, 0.15) is 0 Å². The van der Waals surface area contributed by atoms with Gasteiger partial charge in [-0.3, -0.25) is 0 Å². The monoisotopic (exact) mass is 295 g/mol. The Morgan fingerprint density at radius 2 is 1.81 bits per heavy atom. The Kier molecular flexibility index (Phi) is 6.49. The zero-order valence-corrected chi connectivity index (χ0v) is 14.1. The Hall–Kier alpha value is -1.26. The standard InChI is InChI=1S/C17H29NO3/c1-7-12(2)17(4,19)11-18-13(3)14-8-9-15(20-5)16(10-14)21-6/h8-10,12-13,18-19H,7,11H2,1-6H3. The van der Waals surface area contributed by atoms with Crippen molar-refractivity contribution in [1.82, 2.24) is 5.32 Å². The zero-order chi connectivity index (χ0) is 16.0. The second-order valence-corrected chi connectivity index (χ2v) is 5.88. The van der Waals surface area contributed by atoms with Crippen molar-refractivity contribution in [2.24, 2.45) is 5.92 Å². The van der Waals surface area contributed by atoms with Crippen LogP contribution in [-0.2, 0) is 0 Å². The summed E-state index contributed by atoms with van der Waals surface area (Å²) >= 11 is 0. The molecule has 0 fully saturated rings. The van der Waals surface area contributed by atoms with Gasteiger partial charge in [-0.05, 0) is 37.5 Å². The summed E-state index contributed by atoms with van der Waals surface area (Å²) in [5.74, 6) is 1.69. The number of hydrogen-bond acceptors (Lipinski definition) is 4. The Balaban J connectivity index is 2.74. The third-order valence-electron chi connectivity index (χ3n) is 4.35. The van der Waals surface area contributed by atoms with E-state index in [4.69, 9.17) is 9.47 Å². The number of methoxy groups -OCH3 is 2. The lowest BCUT2D eigenvalue weighted by atomic mass is 9.88. The van der Waals surface area contributed by atoms with Gasteiger partial charge in [-0.15, -0.1) is 0 Å². The van der Waals surface area contributed by atoms with Crippen LogP contribution in [0, 0.1) is 5.92 Å². The van der Waals surface area contributed by atoms with Crippen LogP contribution in [0.2, 0.25) is 0 Å². The van der Waals surface area contributed by atoms with E-state index in [1.54, 1.807) is 14.2 Å². The third kappa shape index (κ3) is 4.61. The predicted octanol–water partition coefficient (Wildman–Crippen LogP) is 3.15. The summed E-state index contributed by atoms with van der Waals surface area (Å²) < 4.78 is 10.6. The smallest absolute Gasteiger partial charge is 0.161 e. The molecule has 0 bridgehead atoms. The molecule has 3 atom stereocenters. The van der Waals surface area contributed by atoms with E-state index in [-0.39, 0.29) is 12.0 Å². The van der Waals surface area contributed by atoms with E-state index in [1.165, 1.54) is 0 Å². The SMILES string of the molecule is CCC(C)C(C)(O)CNC(C)c1ccc(OC)c(OC)c1. The van der Waals surface area contributed by atoms with E-state index in [2.05, 4.69) is 26.1 Å². The third-order valence-corrected chi connectivity index (χ3v) is 4.35. The molecule has 0 aliphatic heterocycles. The van der Waals surface area contributed by atoms with Gasteiger partial charge in [-0.25, -0.2) is 0 Å². The summed E-state index contributed by atoms with van der Waals surface area (Å²) in [6.07, 6.45) is 0.958. The lowest BCUT2D eigenvalue weighted by Gasteiger charge is -2.31. The molecule has 0 radical (unpaired) electrons. The molecule has 0 heterocycles. The normalized spacial score (nSPS) is 16.9. The first-order valence-electron chi connectivity index (χ1n) is 7.53. The van der Waals surface area contributed by atoms with Crippen LogP contribution in [-0.4, -0.2) is 31.5 Å². The second kappa shape index (κ2) is 7.66. The molecular weight excluding hydrogens is 266 g/mol. The van der Waals surface area contributed by atoms with Crippen molar-refractivity contribution in [3.05, 3.63) is 23.8 Å². The molecule has 2 N–H and O–H groups in total. The first-order chi connectivity index (χ1) is 9.85. The van der Waals surface area contributed by atoms with Gasteiger partial charge in [0.2, 0.25) is 0 Å². The van der Waals surface area contributed by atoms with Crippen LogP contribution in [0.4, 0.5) is 0 Å². The van der Waals surface area contributed by atoms with Crippen molar-refractivity contribution in [2.75, 3.05) is 20.8 Å². The Morgan fingerprint density at radius 3 is 2.33 bits per heavy atom. The zero-order valence-electron chi connectivity index (χ0n) is 14.1. The number of nitrogens with one attached hydrogen (secondary N) is 1. The molecule has 0 aliphatic rings. The van der Waals surface area contributed by atoms with E-state index in [1.807, 2.05) is 25.1 Å². The van der Waals surface area contributed by atoms with Crippen molar-refractivity contribution in [1.29, 1.82) is 0 Å². The Morgan fingerprint density at radius 1 is 1.19 bits per heavy atom. The molecule has 0 aromatic heterocycles. The predicted molar refractivity (Wildman–Crippen MR) is 86.0 cm³/mol. The van der Waals surface area contributed by atoms with Crippen LogP contribution in [0.1, 0.15) is 45.7 Å². The molecule has 0 saturated carbocycles. The van der Waals surface area contributed by atoms with Gasteiger partial charge in [0.05, 0.1) is 19.8 Å². The van der Waals surface area contributed by atoms with Crippen LogP contribution in [0.25, 0.3) is 0 Å². The van der Waals surface area contributed by atoms with E-state index in [9.17, 15) is 5.11 Å². The van der Waals surface area contributed by atoms with Gasteiger partial charge in [0.15, 0.2) is 11.5 Å². The molecule has 0 aliphatic carbocycles. The van der Waals surface area contributed by atoms with Crippen LogP contribution in [0.3, 0.4) is 0 Å². The molecule has 4 nitrogen and oxygen atoms in total. The molecule has 0 amide bonds. The molecule has 120 valence electrons. The highest BCUT2D eigenvalue weighted by molar-refractivity contribution is 5.43. The van der Waals surface area contributed by atoms with E-state index < -0.39 is 5.60 Å². The molecule has 3 unspecified atom stereocenters. The highest BCUT2D eigenvalue weighted by atomic mass is 16.5. The number of aliphatic hydroxyl groups is 1. The first kappa shape index (κ1) is 17.8. The van der Waals surface area contributed by atoms with Crippen LogP contribution in [0.5, 0.6) is 11.5 Å². The Bertz CT molecular complexity index is 446. The number of hydrogen-bond donors (Lipinski definition) is 2. The molecule has 0 saturated heterocycles. The van der Waals surface area contributed by atoms with Gasteiger partial charge in [-0.2, -0.15) is 0 Å². The highest BCUT2D eigenvalue weighted by Crippen LogP contribution is 2.30. The summed E-state index contributed by atoms with van der Waals surface area (Å²) in [5, 5.41) is 13.9. The largest absolute Gasteiger partial charge is 0.493 e. The van der Waals surface area contributed by atoms with Crippen molar-refractivity contribution >= 4 is 0 Å². The number of rotatable bonds is 8. The van der Waals surface area contributed by atoms with Crippen LogP contribution >= 0.6 is 0 Å². The van der Waals surface area contributed by atoms with Gasteiger partial charge in [0, 0.05) is 12.6 Å². The van der Waals surface area contributed by atoms with Gasteiger partial charge in [0.25, 0.3) is 0 Å². The quantitative estimate of drug-likeness (QED) is 0.773. The summed E-state index contributed by atoms with van der Waals surface area (Å²) in [7, 11) is 3.26.